The molecule has 1 aliphatic heterocycles. The zero-order valence-corrected chi connectivity index (χ0v) is 18.3. The average molecular weight is 447 g/mol. The summed E-state index contributed by atoms with van der Waals surface area (Å²) in [5, 5.41) is 0.523. The van der Waals surface area contributed by atoms with Gasteiger partial charge in [-0.25, -0.2) is 9.37 Å². The van der Waals surface area contributed by atoms with Crippen molar-refractivity contribution in [2.75, 3.05) is 34.4 Å². The van der Waals surface area contributed by atoms with Crippen LogP contribution in [0.1, 0.15) is 23.2 Å². The van der Waals surface area contributed by atoms with Gasteiger partial charge in [-0.15, -0.1) is 0 Å². The number of ether oxygens (including phenoxy) is 4. The number of benzene rings is 2. The molecule has 9 heteroatoms. The van der Waals surface area contributed by atoms with Crippen LogP contribution in [0.4, 0.5) is 4.39 Å². The minimum Gasteiger partial charge on any atom is -0.493 e. The topological polar surface area (TPSA) is 70.1 Å². The van der Waals surface area contributed by atoms with E-state index in [9.17, 15) is 9.18 Å². The third kappa shape index (κ3) is 4.36. The van der Waals surface area contributed by atoms with Crippen molar-refractivity contribution >= 4 is 27.5 Å². The van der Waals surface area contributed by atoms with Crippen LogP contribution in [0.5, 0.6) is 22.4 Å². The second-order valence-electron chi connectivity index (χ2n) is 7.12. The van der Waals surface area contributed by atoms with Gasteiger partial charge in [0.2, 0.25) is 5.75 Å². The number of hydrogen-bond donors (Lipinski definition) is 0. The van der Waals surface area contributed by atoms with E-state index in [1.54, 1.807) is 23.1 Å². The van der Waals surface area contributed by atoms with Gasteiger partial charge < -0.3 is 23.8 Å². The highest BCUT2D eigenvalue weighted by atomic mass is 32.1. The molecule has 1 saturated heterocycles. The molecular weight excluding hydrogens is 423 g/mol. The summed E-state index contributed by atoms with van der Waals surface area (Å²) < 4.78 is 36.2. The van der Waals surface area contributed by atoms with E-state index in [4.69, 9.17) is 18.9 Å². The summed E-state index contributed by atoms with van der Waals surface area (Å²) in [6.07, 6.45) is 1.32. The molecule has 0 atom stereocenters. The zero-order valence-electron chi connectivity index (χ0n) is 17.5. The molecule has 0 bridgehead atoms. The number of rotatable bonds is 6. The maximum absolute atomic E-state index is 13.4. The van der Waals surface area contributed by atoms with E-state index in [0.29, 0.717) is 53.9 Å². The van der Waals surface area contributed by atoms with Crippen molar-refractivity contribution < 1.29 is 28.1 Å². The fraction of sp³-hybridized carbons (Fsp3) is 0.364. The van der Waals surface area contributed by atoms with Crippen LogP contribution in [0.15, 0.2) is 30.3 Å². The summed E-state index contributed by atoms with van der Waals surface area (Å²) in [4.78, 5) is 19.2. The van der Waals surface area contributed by atoms with Crippen molar-refractivity contribution in [3.8, 4) is 22.4 Å². The highest BCUT2D eigenvalue weighted by Crippen LogP contribution is 2.38. The molecule has 1 aromatic heterocycles. The van der Waals surface area contributed by atoms with Gasteiger partial charge in [0.15, 0.2) is 11.5 Å². The lowest BCUT2D eigenvalue weighted by Crippen LogP contribution is -2.41. The highest BCUT2D eigenvalue weighted by molar-refractivity contribution is 7.20. The molecule has 0 aliphatic carbocycles. The van der Waals surface area contributed by atoms with E-state index in [0.717, 1.165) is 10.2 Å². The number of thiazole rings is 1. The number of piperidine rings is 1. The third-order valence-corrected chi connectivity index (χ3v) is 6.15. The molecule has 4 rings (SSSR count). The van der Waals surface area contributed by atoms with Gasteiger partial charge in [-0.3, -0.25) is 4.79 Å². The third-order valence-electron chi connectivity index (χ3n) is 5.24. The largest absolute Gasteiger partial charge is 0.493 e. The number of nitrogens with zero attached hydrogens (tertiary/aromatic N) is 2. The first-order valence-corrected chi connectivity index (χ1v) is 10.7. The SMILES string of the molecule is COc1cc(C(=O)N2CCC(Oc3nc4ccc(F)cc4s3)CC2)cc(OC)c1OC. The predicted molar refractivity (Wildman–Crippen MR) is 115 cm³/mol. The maximum Gasteiger partial charge on any atom is 0.274 e. The Morgan fingerprint density at radius 2 is 1.74 bits per heavy atom. The van der Waals surface area contributed by atoms with Crippen molar-refractivity contribution in [3.63, 3.8) is 0 Å². The van der Waals surface area contributed by atoms with Gasteiger partial charge >= 0.3 is 0 Å². The van der Waals surface area contributed by atoms with Gasteiger partial charge in [0.25, 0.3) is 11.1 Å². The van der Waals surface area contributed by atoms with Crippen molar-refractivity contribution in [2.45, 2.75) is 18.9 Å². The number of aromatic nitrogens is 1. The molecule has 0 saturated carbocycles. The lowest BCUT2D eigenvalue weighted by Gasteiger charge is -2.31. The number of halogens is 1. The molecule has 0 unspecified atom stereocenters. The molecular formula is C22H23FN2O5S. The Labute approximate surface area is 183 Å². The monoisotopic (exact) mass is 446 g/mol. The van der Waals surface area contributed by atoms with Crippen LogP contribution in [0.25, 0.3) is 10.2 Å². The van der Waals surface area contributed by atoms with E-state index < -0.39 is 0 Å². The smallest absolute Gasteiger partial charge is 0.274 e. The zero-order chi connectivity index (χ0) is 22.0. The van der Waals surface area contributed by atoms with Crippen LogP contribution in [0.3, 0.4) is 0 Å². The van der Waals surface area contributed by atoms with E-state index in [1.165, 1.54) is 44.8 Å². The molecule has 3 aromatic rings. The molecule has 7 nitrogen and oxygen atoms in total. The van der Waals surface area contributed by atoms with Crippen molar-refractivity contribution in [2.24, 2.45) is 0 Å². The second-order valence-corrected chi connectivity index (χ2v) is 8.11. The van der Waals surface area contributed by atoms with Gasteiger partial charge in [-0.05, 0) is 30.3 Å². The lowest BCUT2D eigenvalue weighted by molar-refractivity contribution is 0.0595. The fourth-order valence-electron chi connectivity index (χ4n) is 3.63. The number of carbonyl (C=O) groups excluding carboxylic acids is 1. The molecule has 0 radical (unpaired) electrons. The number of methoxy groups -OCH3 is 3. The van der Waals surface area contributed by atoms with Crippen LogP contribution in [-0.4, -0.2) is 56.3 Å². The summed E-state index contributed by atoms with van der Waals surface area (Å²) in [5.41, 5.74) is 1.19. The summed E-state index contributed by atoms with van der Waals surface area (Å²) >= 11 is 1.33. The predicted octanol–water partition coefficient (Wildman–Crippen LogP) is 4.14. The molecule has 1 aliphatic rings. The second kappa shape index (κ2) is 8.97. The van der Waals surface area contributed by atoms with Crippen molar-refractivity contribution in [3.05, 3.63) is 41.7 Å². The first-order chi connectivity index (χ1) is 15.0. The van der Waals surface area contributed by atoms with Gasteiger partial charge in [0.1, 0.15) is 11.9 Å². The minimum atomic E-state index is -0.290. The molecule has 1 fully saturated rings. The summed E-state index contributed by atoms with van der Waals surface area (Å²) in [6.45, 7) is 1.11. The maximum atomic E-state index is 13.4. The first kappa shape index (κ1) is 21.2. The minimum absolute atomic E-state index is 0.0469. The molecule has 31 heavy (non-hydrogen) atoms. The molecule has 2 aromatic carbocycles. The first-order valence-electron chi connectivity index (χ1n) is 9.84. The van der Waals surface area contributed by atoms with Crippen LogP contribution in [0.2, 0.25) is 0 Å². The molecule has 0 N–H and O–H groups in total. The lowest BCUT2D eigenvalue weighted by atomic mass is 10.1. The van der Waals surface area contributed by atoms with Crippen LogP contribution in [-0.2, 0) is 0 Å². The standard InChI is InChI=1S/C22H23FN2O5S/c1-27-17-10-13(11-18(28-2)20(17)29-3)21(26)25-8-6-15(7-9-25)30-22-24-16-5-4-14(23)12-19(16)31-22/h4-5,10-12,15H,6-9H2,1-3H3. The highest BCUT2D eigenvalue weighted by Gasteiger charge is 2.27. The van der Waals surface area contributed by atoms with Gasteiger partial charge in [-0.1, -0.05) is 11.3 Å². The Morgan fingerprint density at radius 1 is 1.06 bits per heavy atom. The summed E-state index contributed by atoms with van der Waals surface area (Å²) in [7, 11) is 4.56. The van der Waals surface area contributed by atoms with Crippen molar-refractivity contribution in [1.29, 1.82) is 0 Å². The normalized spacial score (nSPS) is 14.5. The molecule has 1 amide bonds. The Balaban J connectivity index is 1.41. The summed E-state index contributed by atoms with van der Waals surface area (Å²) in [6, 6.07) is 7.81. The van der Waals surface area contributed by atoms with Crippen LogP contribution >= 0.6 is 11.3 Å². The Bertz CT molecular complexity index is 1070. The summed E-state index contributed by atoms with van der Waals surface area (Å²) in [5.74, 6) is 0.935. The molecule has 164 valence electrons. The van der Waals surface area contributed by atoms with Crippen LogP contribution in [0, 0.1) is 5.82 Å². The van der Waals surface area contributed by atoms with Gasteiger partial charge in [0, 0.05) is 31.5 Å². The quantitative estimate of drug-likeness (QED) is 0.567. The Kier molecular flexibility index (Phi) is 6.13. The number of likely N-dealkylation sites (tertiary alicyclic amines) is 1. The Hall–Kier alpha value is -3.07. The number of carbonyl (C=O) groups is 1. The molecule has 2 heterocycles. The van der Waals surface area contributed by atoms with Gasteiger partial charge in [-0.2, -0.15) is 0 Å². The number of fused-ring (bicyclic) bond motifs is 1. The molecule has 0 spiro atoms. The van der Waals surface area contributed by atoms with E-state index in [1.807, 2.05) is 0 Å². The van der Waals surface area contributed by atoms with E-state index >= 15 is 0 Å². The van der Waals surface area contributed by atoms with Crippen molar-refractivity contribution in [1.82, 2.24) is 9.88 Å². The number of hydrogen-bond acceptors (Lipinski definition) is 7. The Morgan fingerprint density at radius 3 is 2.35 bits per heavy atom. The number of amides is 1. The van der Waals surface area contributed by atoms with E-state index in [2.05, 4.69) is 4.98 Å². The van der Waals surface area contributed by atoms with Crippen LogP contribution < -0.4 is 18.9 Å². The van der Waals surface area contributed by atoms with Gasteiger partial charge in [0.05, 0.1) is 31.5 Å². The average Bonchev–Trinajstić information content (AvgIpc) is 3.19. The fourth-order valence-corrected chi connectivity index (χ4v) is 4.54. The van der Waals surface area contributed by atoms with E-state index in [-0.39, 0.29) is 17.8 Å².